The molecule has 0 bridgehead atoms. The van der Waals surface area contributed by atoms with Gasteiger partial charge in [-0.25, -0.2) is 4.98 Å². The molecule has 1 fully saturated rings. The van der Waals surface area contributed by atoms with Gasteiger partial charge >= 0.3 is 0 Å². The SMILES string of the molecule is NC(=O)c1cccc(CCc2n[nH]c3ccnc(NC4CCCCC4)c23)c1. The molecule has 4 N–H and O–H groups in total. The second kappa shape index (κ2) is 7.78. The van der Waals surface area contributed by atoms with E-state index in [0.717, 1.165) is 40.8 Å². The Balaban J connectivity index is 1.55. The molecule has 140 valence electrons. The monoisotopic (exact) mass is 363 g/mol. The largest absolute Gasteiger partial charge is 0.367 e. The number of anilines is 1. The molecular formula is C21H25N5O. The number of primary amides is 1. The number of fused-ring (bicyclic) bond motifs is 1. The molecule has 0 radical (unpaired) electrons. The number of aryl methyl sites for hydroxylation is 2. The summed E-state index contributed by atoms with van der Waals surface area (Å²) in [7, 11) is 0. The van der Waals surface area contributed by atoms with Gasteiger partial charge in [-0.15, -0.1) is 0 Å². The Hall–Kier alpha value is -2.89. The fraction of sp³-hybridized carbons (Fsp3) is 0.381. The zero-order valence-electron chi connectivity index (χ0n) is 15.4. The van der Waals surface area contributed by atoms with Gasteiger partial charge in [-0.2, -0.15) is 5.10 Å². The fourth-order valence-corrected chi connectivity index (χ4v) is 3.90. The van der Waals surface area contributed by atoms with Crippen LogP contribution in [0.25, 0.3) is 10.9 Å². The average Bonchev–Trinajstić information content (AvgIpc) is 3.12. The first-order valence-corrected chi connectivity index (χ1v) is 9.68. The van der Waals surface area contributed by atoms with E-state index in [4.69, 9.17) is 5.73 Å². The molecule has 0 unspecified atom stereocenters. The quantitative estimate of drug-likeness (QED) is 0.623. The van der Waals surface area contributed by atoms with Crippen molar-refractivity contribution in [3.05, 3.63) is 53.3 Å². The molecule has 1 aliphatic carbocycles. The molecular weight excluding hydrogens is 338 g/mol. The average molecular weight is 363 g/mol. The van der Waals surface area contributed by atoms with Crippen LogP contribution in [0.1, 0.15) is 53.7 Å². The summed E-state index contributed by atoms with van der Waals surface area (Å²) in [6.45, 7) is 0. The van der Waals surface area contributed by atoms with Crippen LogP contribution in [0.15, 0.2) is 36.5 Å². The smallest absolute Gasteiger partial charge is 0.248 e. The lowest BCUT2D eigenvalue weighted by Crippen LogP contribution is -2.23. The third kappa shape index (κ3) is 3.94. The number of aromatic nitrogens is 3. The minimum atomic E-state index is -0.398. The number of nitrogens with zero attached hydrogens (tertiary/aromatic N) is 2. The van der Waals surface area contributed by atoms with E-state index in [1.54, 1.807) is 6.07 Å². The Morgan fingerprint density at radius 2 is 2.04 bits per heavy atom. The van der Waals surface area contributed by atoms with Gasteiger partial charge in [0.25, 0.3) is 0 Å². The Bertz CT molecular complexity index is 943. The molecule has 4 rings (SSSR count). The number of rotatable bonds is 6. The maximum atomic E-state index is 11.4. The van der Waals surface area contributed by atoms with Gasteiger partial charge in [-0.1, -0.05) is 31.4 Å². The highest BCUT2D eigenvalue weighted by Gasteiger charge is 2.17. The minimum Gasteiger partial charge on any atom is -0.367 e. The number of amides is 1. The van der Waals surface area contributed by atoms with Crippen molar-refractivity contribution in [3.63, 3.8) is 0 Å². The van der Waals surface area contributed by atoms with Gasteiger partial charge in [-0.05, 0) is 49.4 Å². The number of nitrogens with one attached hydrogen (secondary N) is 2. The fourth-order valence-electron chi connectivity index (χ4n) is 3.90. The molecule has 0 saturated heterocycles. The van der Waals surface area contributed by atoms with Crippen LogP contribution in [-0.2, 0) is 12.8 Å². The zero-order chi connectivity index (χ0) is 18.6. The van der Waals surface area contributed by atoms with Gasteiger partial charge in [0.05, 0.1) is 16.6 Å². The van der Waals surface area contributed by atoms with Crippen molar-refractivity contribution in [2.24, 2.45) is 5.73 Å². The van der Waals surface area contributed by atoms with Gasteiger partial charge in [0.1, 0.15) is 5.82 Å². The van der Waals surface area contributed by atoms with E-state index < -0.39 is 5.91 Å². The number of pyridine rings is 1. The molecule has 0 aliphatic heterocycles. The molecule has 0 spiro atoms. The molecule has 2 heterocycles. The maximum Gasteiger partial charge on any atom is 0.248 e. The van der Waals surface area contributed by atoms with Gasteiger partial charge < -0.3 is 11.1 Å². The third-order valence-corrected chi connectivity index (χ3v) is 5.36. The van der Waals surface area contributed by atoms with Crippen molar-refractivity contribution in [2.45, 2.75) is 51.0 Å². The van der Waals surface area contributed by atoms with E-state index in [1.165, 1.54) is 32.1 Å². The number of aromatic amines is 1. The van der Waals surface area contributed by atoms with E-state index in [0.29, 0.717) is 11.6 Å². The molecule has 1 amide bonds. The number of nitrogens with two attached hydrogens (primary N) is 1. The van der Waals surface area contributed by atoms with Crippen molar-refractivity contribution in [1.82, 2.24) is 15.2 Å². The van der Waals surface area contributed by atoms with Crippen molar-refractivity contribution in [1.29, 1.82) is 0 Å². The molecule has 27 heavy (non-hydrogen) atoms. The highest BCUT2D eigenvalue weighted by molar-refractivity contribution is 5.93. The standard InChI is InChI=1S/C21H25N5O/c22-20(27)15-6-4-5-14(13-15)9-10-17-19-18(26-25-17)11-12-23-21(19)24-16-7-2-1-3-8-16/h4-6,11-13,16H,1-3,7-10H2,(H2,22,27)(H,23,24)(H,25,26). The summed E-state index contributed by atoms with van der Waals surface area (Å²) < 4.78 is 0. The molecule has 0 atom stereocenters. The number of carbonyl (C=O) groups is 1. The lowest BCUT2D eigenvalue weighted by molar-refractivity contribution is 0.1000. The Kier molecular flexibility index (Phi) is 5.05. The zero-order valence-corrected chi connectivity index (χ0v) is 15.4. The van der Waals surface area contributed by atoms with Crippen LogP contribution in [0.2, 0.25) is 0 Å². The summed E-state index contributed by atoms with van der Waals surface area (Å²) in [5.41, 5.74) is 9.01. The summed E-state index contributed by atoms with van der Waals surface area (Å²) in [5, 5.41) is 12.4. The number of hydrogen-bond acceptors (Lipinski definition) is 4. The molecule has 3 aromatic rings. The Labute approximate surface area is 158 Å². The molecule has 1 saturated carbocycles. The summed E-state index contributed by atoms with van der Waals surface area (Å²) >= 11 is 0. The summed E-state index contributed by atoms with van der Waals surface area (Å²) in [4.78, 5) is 16.0. The molecule has 6 nitrogen and oxygen atoms in total. The number of carbonyl (C=O) groups excluding carboxylic acids is 1. The number of H-pyrrole nitrogens is 1. The van der Waals surface area contributed by atoms with Crippen molar-refractivity contribution in [3.8, 4) is 0 Å². The van der Waals surface area contributed by atoms with Gasteiger partial charge in [-0.3, -0.25) is 9.89 Å². The second-order valence-electron chi connectivity index (χ2n) is 7.30. The van der Waals surface area contributed by atoms with E-state index >= 15 is 0 Å². The lowest BCUT2D eigenvalue weighted by atomic mass is 9.95. The van der Waals surface area contributed by atoms with Crippen LogP contribution >= 0.6 is 0 Å². The van der Waals surface area contributed by atoms with E-state index in [-0.39, 0.29) is 0 Å². The van der Waals surface area contributed by atoms with Crippen LogP contribution in [0, 0.1) is 0 Å². The highest BCUT2D eigenvalue weighted by Crippen LogP contribution is 2.27. The topological polar surface area (TPSA) is 96.7 Å². The molecule has 1 aliphatic rings. The summed E-state index contributed by atoms with van der Waals surface area (Å²) in [6.07, 6.45) is 9.68. The molecule has 6 heteroatoms. The van der Waals surface area contributed by atoms with Gasteiger partial charge in [0, 0.05) is 17.8 Å². The van der Waals surface area contributed by atoms with Crippen molar-refractivity contribution < 1.29 is 4.79 Å². The predicted octanol–water partition coefficient (Wildman–Crippen LogP) is 3.59. The molecule has 2 aromatic heterocycles. The number of benzene rings is 1. The van der Waals surface area contributed by atoms with Crippen molar-refractivity contribution >= 4 is 22.6 Å². The summed E-state index contributed by atoms with van der Waals surface area (Å²) in [5.74, 6) is 0.527. The van der Waals surface area contributed by atoms with Crippen LogP contribution in [0.3, 0.4) is 0 Å². The first-order valence-electron chi connectivity index (χ1n) is 9.68. The highest BCUT2D eigenvalue weighted by atomic mass is 16.1. The van der Waals surface area contributed by atoms with Gasteiger partial charge in [0.2, 0.25) is 5.91 Å². The third-order valence-electron chi connectivity index (χ3n) is 5.36. The van der Waals surface area contributed by atoms with E-state index in [1.807, 2.05) is 30.5 Å². The van der Waals surface area contributed by atoms with Crippen LogP contribution in [0.5, 0.6) is 0 Å². The van der Waals surface area contributed by atoms with Crippen LogP contribution < -0.4 is 11.1 Å². The van der Waals surface area contributed by atoms with Crippen LogP contribution in [0.4, 0.5) is 5.82 Å². The second-order valence-corrected chi connectivity index (χ2v) is 7.30. The van der Waals surface area contributed by atoms with Crippen LogP contribution in [-0.4, -0.2) is 27.1 Å². The maximum absolute atomic E-state index is 11.4. The lowest BCUT2D eigenvalue weighted by Gasteiger charge is -2.23. The van der Waals surface area contributed by atoms with E-state index in [9.17, 15) is 4.79 Å². The first kappa shape index (κ1) is 17.5. The van der Waals surface area contributed by atoms with Gasteiger partial charge in [0.15, 0.2) is 0 Å². The Morgan fingerprint density at radius 1 is 1.19 bits per heavy atom. The summed E-state index contributed by atoms with van der Waals surface area (Å²) in [6, 6.07) is 9.94. The van der Waals surface area contributed by atoms with E-state index in [2.05, 4.69) is 20.5 Å². The first-order chi connectivity index (χ1) is 13.2. The normalized spacial score (nSPS) is 15.1. The minimum absolute atomic E-state index is 0.398. The predicted molar refractivity (Wildman–Crippen MR) is 107 cm³/mol. The Morgan fingerprint density at radius 3 is 2.85 bits per heavy atom. The van der Waals surface area contributed by atoms with Crippen molar-refractivity contribution in [2.75, 3.05) is 5.32 Å². The number of hydrogen-bond donors (Lipinski definition) is 3. The molecule has 1 aromatic carbocycles.